The molecule has 0 bridgehead atoms. The van der Waals surface area contributed by atoms with Crippen molar-refractivity contribution in [3.05, 3.63) is 41.5 Å². The van der Waals surface area contributed by atoms with Crippen LogP contribution in [0, 0.1) is 17.8 Å². The first-order valence-corrected chi connectivity index (χ1v) is 12.5. The van der Waals surface area contributed by atoms with Crippen molar-refractivity contribution in [3.63, 3.8) is 0 Å². The molecule has 3 fully saturated rings. The van der Waals surface area contributed by atoms with Crippen LogP contribution in [0.2, 0.25) is 0 Å². The van der Waals surface area contributed by atoms with Gasteiger partial charge in [-0.15, -0.1) is 23.2 Å². The molecule has 1 saturated carbocycles. The molecule has 5 amide bonds. The van der Waals surface area contributed by atoms with Crippen LogP contribution in [-0.4, -0.2) is 81.7 Å². The molecular formula is C25H24Cl2N2O8. The fraction of sp³-hybridized carbons (Fsp3) is 0.480. The highest BCUT2D eigenvalue weighted by atomic mass is 35.5. The molecule has 10 nitrogen and oxygen atoms in total. The van der Waals surface area contributed by atoms with Gasteiger partial charge in [0.25, 0.3) is 11.8 Å². The van der Waals surface area contributed by atoms with Gasteiger partial charge in [0.1, 0.15) is 12.4 Å². The quantitative estimate of drug-likeness (QED) is 0.341. The van der Waals surface area contributed by atoms with E-state index in [1.54, 1.807) is 30.3 Å². The molecule has 5 rings (SSSR count). The minimum absolute atomic E-state index is 0.0912. The van der Waals surface area contributed by atoms with Gasteiger partial charge in [-0.2, -0.15) is 4.90 Å². The minimum Gasteiger partial charge on any atom is -0.491 e. The lowest BCUT2D eigenvalue weighted by molar-refractivity contribution is -0.139. The van der Waals surface area contributed by atoms with E-state index < -0.39 is 63.1 Å². The van der Waals surface area contributed by atoms with Crippen molar-refractivity contribution in [3.8, 4) is 5.75 Å². The fourth-order valence-electron chi connectivity index (χ4n) is 6.31. The van der Waals surface area contributed by atoms with E-state index in [2.05, 4.69) is 4.74 Å². The molecule has 2 aliphatic heterocycles. The second kappa shape index (κ2) is 8.82. The molecule has 6 atom stereocenters. The van der Waals surface area contributed by atoms with Gasteiger partial charge in [-0.05, 0) is 36.5 Å². The molecule has 0 unspecified atom stereocenters. The third-order valence-corrected chi connectivity index (χ3v) is 9.36. The van der Waals surface area contributed by atoms with E-state index in [1.165, 1.54) is 7.05 Å². The molecule has 2 heterocycles. The predicted octanol–water partition coefficient (Wildman–Crippen LogP) is 1.81. The number of carbonyl (C=O) groups excluding carboxylic acids is 5. The van der Waals surface area contributed by atoms with Gasteiger partial charge in [-0.3, -0.25) is 24.1 Å². The summed E-state index contributed by atoms with van der Waals surface area (Å²) in [5.74, 6) is -5.71. The monoisotopic (exact) mass is 550 g/mol. The lowest BCUT2D eigenvalue weighted by atomic mass is 9.56. The lowest BCUT2D eigenvalue weighted by Gasteiger charge is -2.50. The SMILES string of the molecule is COC(=O)N1C(=O)[C@H]2[C@H](CC=C3[C@H]2C[C@@]2(Cl)C(=O)N(C)C(=O)[C@@]2(Cl)[C@H]3c2ccc(OCCO)cc2)C1=O. The summed E-state index contributed by atoms with van der Waals surface area (Å²) < 4.78 is 10.1. The van der Waals surface area contributed by atoms with Gasteiger partial charge in [-0.1, -0.05) is 23.8 Å². The maximum Gasteiger partial charge on any atom is 0.423 e. The fourth-order valence-corrected chi connectivity index (χ4v) is 7.33. The number of imide groups is 4. The van der Waals surface area contributed by atoms with E-state index in [0.717, 1.165) is 12.0 Å². The molecule has 1 aromatic carbocycles. The standard InChI is InChI=1S/C25H24Cl2N2O8/c1-28-21(33)24(26)11-16-14(7-8-15-17(16)20(32)29(19(15)31)23(35)36-2)18(25(24,27)22(28)34)12-3-5-13(6-4-12)37-10-9-30/h3-7,15-18,30H,8-11H2,1-2H3/t15-,16+,17-,18-,24+,25-/m0/s1. The van der Waals surface area contributed by atoms with Crippen LogP contribution in [0.3, 0.4) is 0 Å². The second-order valence-corrected chi connectivity index (χ2v) is 10.9. The van der Waals surface area contributed by atoms with E-state index in [1.807, 2.05) is 0 Å². The predicted molar refractivity (Wildman–Crippen MR) is 129 cm³/mol. The number of hydrogen-bond acceptors (Lipinski definition) is 8. The van der Waals surface area contributed by atoms with Crippen LogP contribution < -0.4 is 4.74 Å². The summed E-state index contributed by atoms with van der Waals surface area (Å²) in [6.45, 7) is -0.0761. The number of aliphatic hydroxyl groups is 1. The first-order chi connectivity index (χ1) is 17.5. The maximum atomic E-state index is 13.5. The number of hydrogen-bond donors (Lipinski definition) is 1. The van der Waals surface area contributed by atoms with Crippen LogP contribution >= 0.6 is 23.2 Å². The second-order valence-electron chi connectivity index (χ2n) is 9.62. The Bertz CT molecular complexity index is 1250. The van der Waals surface area contributed by atoms with Crippen molar-refractivity contribution in [2.45, 2.75) is 28.5 Å². The molecule has 37 heavy (non-hydrogen) atoms. The highest BCUT2D eigenvalue weighted by Crippen LogP contribution is 2.65. The number of aliphatic hydroxyl groups excluding tert-OH is 1. The Balaban J connectivity index is 1.65. The van der Waals surface area contributed by atoms with Gasteiger partial charge in [0.15, 0.2) is 9.75 Å². The third kappa shape index (κ3) is 3.31. The number of nitrogens with zero attached hydrogens (tertiary/aromatic N) is 2. The average Bonchev–Trinajstić information content (AvgIpc) is 3.22. The largest absolute Gasteiger partial charge is 0.491 e. The smallest absolute Gasteiger partial charge is 0.423 e. The van der Waals surface area contributed by atoms with Gasteiger partial charge < -0.3 is 14.6 Å². The van der Waals surface area contributed by atoms with E-state index >= 15 is 0 Å². The summed E-state index contributed by atoms with van der Waals surface area (Å²) in [4.78, 5) is 63.1. The maximum absolute atomic E-state index is 13.5. The molecule has 1 aromatic rings. The molecule has 196 valence electrons. The summed E-state index contributed by atoms with van der Waals surface area (Å²) in [6, 6.07) is 6.66. The van der Waals surface area contributed by atoms with Crippen LogP contribution in [0.1, 0.15) is 24.3 Å². The highest BCUT2D eigenvalue weighted by Gasteiger charge is 2.76. The van der Waals surface area contributed by atoms with Crippen molar-refractivity contribution in [2.75, 3.05) is 27.4 Å². The Hall–Kier alpha value is -2.95. The molecule has 12 heteroatoms. The first-order valence-electron chi connectivity index (χ1n) is 11.7. The number of alkyl halides is 2. The average molecular weight is 551 g/mol. The van der Waals surface area contributed by atoms with Crippen LogP contribution in [0.4, 0.5) is 4.79 Å². The van der Waals surface area contributed by atoms with E-state index in [-0.39, 0.29) is 26.1 Å². The number of methoxy groups -OCH3 is 1. The molecular weight excluding hydrogens is 527 g/mol. The van der Waals surface area contributed by atoms with Crippen LogP contribution in [0.5, 0.6) is 5.75 Å². The zero-order valence-electron chi connectivity index (χ0n) is 20.0. The molecule has 4 aliphatic rings. The summed E-state index contributed by atoms with van der Waals surface area (Å²) >= 11 is 14.1. The van der Waals surface area contributed by atoms with E-state index in [0.29, 0.717) is 21.8 Å². The Morgan fingerprint density at radius 1 is 1.08 bits per heavy atom. The normalized spacial score (nSPS) is 34.7. The molecule has 2 aliphatic carbocycles. The van der Waals surface area contributed by atoms with E-state index in [4.69, 9.17) is 33.0 Å². The number of allylic oxidation sites excluding steroid dienone is 2. The molecule has 0 radical (unpaired) electrons. The van der Waals surface area contributed by atoms with Gasteiger partial charge in [0, 0.05) is 13.0 Å². The zero-order valence-corrected chi connectivity index (χ0v) is 21.5. The zero-order chi connectivity index (χ0) is 26.9. The van der Waals surface area contributed by atoms with Gasteiger partial charge in [0.2, 0.25) is 11.8 Å². The minimum atomic E-state index is -1.90. The van der Waals surface area contributed by atoms with Crippen molar-refractivity contribution in [2.24, 2.45) is 17.8 Å². The third-order valence-electron chi connectivity index (χ3n) is 7.94. The molecule has 0 spiro atoms. The number of halogens is 2. The van der Waals surface area contributed by atoms with Gasteiger partial charge in [-0.25, -0.2) is 4.79 Å². The number of ether oxygens (including phenoxy) is 2. The van der Waals surface area contributed by atoms with Gasteiger partial charge >= 0.3 is 6.09 Å². The lowest BCUT2D eigenvalue weighted by Crippen LogP contribution is -2.60. The first kappa shape index (κ1) is 25.7. The van der Waals surface area contributed by atoms with E-state index in [9.17, 15) is 24.0 Å². The number of carbonyl (C=O) groups is 5. The molecule has 2 saturated heterocycles. The Kier molecular flexibility index (Phi) is 6.12. The Morgan fingerprint density at radius 3 is 2.38 bits per heavy atom. The summed E-state index contributed by atoms with van der Waals surface area (Å²) in [5, 5.41) is 9.02. The van der Waals surface area contributed by atoms with Crippen molar-refractivity contribution < 1.29 is 38.6 Å². The highest BCUT2D eigenvalue weighted by molar-refractivity contribution is 6.53. The van der Waals surface area contributed by atoms with Crippen molar-refractivity contribution in [1.82, 2.24) is 9.80 Å². The van der Waals surface area contributed by atoms with Gasteiger partial charge in [0.05, 0.1) is 25.6 Å². The number of amides is 5. The Labute approximate surface area is 222 Å². The number of benzene rings is 1. The summed E-state index contributed by atoms with van der Waals surface area (Å²) in [6.07, 6.45) is 0.677. The summed E-state index contributed by atoms with van der Waals surface area (Å²) in [7, 11) is 2.39. The Morgan fingerprint density at radius 2 is 1.76 bits per heavy atom. The molecule has 1 N–H and O–H groups in total. The van der Waals surface area contributed by atoms with Crippen LogP contribution in [-0.2, 0) is 23.9 Å². The number of fused-ring (bicyclic) bond motifs is 4. The van der Waals surface area contributed by atoms with Crippen molar-refractivity contribution in [1.29, 1.82) is 0 Å². The van der Waals surface area contributed by atoms with Crippen molar-refractivity contribution >= 4 is 52.9 Å². The van der Waals surface area contributed by atoms with Crippen LogP contribution in [0.25, 0.3) is 0 Å². The van der Waals surface area contributed by atoms with Crippen LogP contribution in [0.15, 0.2) is 35.9 Å². The number of likely N-dealkylation sites (tertiary alicyclic amines) is 2. The topological polar surface area (TPSA) is 131 Å². The summed E-state index contributed by atoms with van der Waals surface area (Å²) in [5.41, 5.74) is 1.17. The number of rotatable bonds is 4. The molecule has 0 aromatic heterocycles.